The largest absolute Gasteiger partial charge is 0.349 e. The average molecular weight is 222 g/mol. The molecular weight excluding hydrogens is 200 g/mol. The monoisotopic (exact) mass is 222 g/mol. The maximum atomic E-state index is 4.21. The molecule has 1 aromatic rings. The molecular formula is C12H22N4. The summed E-state index contributed by atoms with van der Waals surface area (Å²) >= 11 is 0. The Bertz CT molecular complexity index is 275. The van der Waals surface area contributed by atoms with Crippen molar-refractivity contribution in [2.75, 3.05) is 33.2 Å². The fourth-order valence-electron chi connectivity index (χ4n) is 2.21. The summed E-state index contributed by atoms with van der Waals surface area (Å²) in [6.07, 6.45) is 7.37. The third-order valence-corrected chi connectivity index (χ3v) is 3.36. The zero-order valence-electron chi connectivity index (χ0n) is 10.1. The molecule has 4 heteroatoms. The summed E-state index contributed by atoms with van der Waals surface area (Å²) in [6, 6.07) is 0. The Morgan fingerprint density at radius 3 is 3.00 bits per heavy atom. The Morgan fingerprint density at radius 1 is 1.50 bits per heavy atom. The van der Waals surface area contributed by atoms with E-state index in [1.807, 2.05) is 12.4 Å². The SMILES string of the molecule is CN1CCC(CNCCc2ncc[nH]2)CC1. The number of hydrogen-bond acceptors (Lipinski definition) is 3. The predicted octanol–water partition coefficient (Wildman–Crippen LogP) is 0.884. The molecule has 0 aromatic carbocycles. The first-order valence-corrected chi connectivity index (χ1v) is 6.22. The van der Waals surface area contributed by atoms with Crippen LogP contribution in [-0.2, 0) is 6.42 Å². The van der Waals surface area contributed by atoms with Gasteiger partial charge in [-0.2, -0.15) is 0 Å². The van der Waals surface area contributed by atoms with E-state index in [1.54, 1.807) is 0 Å². The third kappa shape index (κ3) is 3.61. The lowest BCUT2D eigenvalue weighted by Gasteiger charge is -2.29. The first kappa shape index (κ1) is 11.6. The number of aromatic amines is 1. The number of nitrogens with zero attached hydrogens (tertiary/aromatic N) is 2. The lowest BCUT2D eigenvalue weighted by Crippen LogP contribution is -2.35. The minimum Gasteiger partial charge on any atom is -0.349 e. The van der Waals surface area contributed by atoms with Gasteiger partial charge in [0, 0.05) is 25.4 Å². The number of aromatic nitrogens is 2. The zero-order valence-corrected chi connectivity index (χ0v) is 10.1. The van der Waals surface area contributed by atoms with Crippen molar-refractivity contribution < 1.29 is 0 Å². The second-order valence-electron chi connectivity index (χ2n) is 4.74. The van der Waals surface area contributed by atoms with Gasteiger partial charge in [-0.1, -0.05) is 0 Å². The van der Waals surface area contributed by atoms with Gasteiger partial charge in [-0.25, -0.2) is 4.98 Å². The van der Waals surface area contributed by atoms with E-state index in [2.05, 4.69) is 27.2 Å². The van der Waals surface area contributed by atoms with Gasteiger partial charge in [-0.3, -0.25) is 0 Å². The van der Waals surface area contributed by atoms with Crippen LogP contribution in [-0.4, -0.2) is 48.1 Å². The molecule has 0 atom stereocenters. The van der Waals surface area contributed by atoms with E-state index >= 15 is 0 Å². The van der Waals surface area contributed by atoms with Crippen LogP contribution in [0.25, 0.3) is 0 Å². The van der Waals surface area contributed by atoms with E-state index in [0.29, 0.717) is 0 Å². The zero-order chi connectivity index (χ0) is 11.2. The summed E-state index contributed by atoms with van der Waals surface area (Å²) in [5.41, 5.74) is 0. The first-order chi connectivity index (χ1) is 7.84. The van der Waals surface area contributed by atoms with Crippen LogP contribution >= 0.6 is 0 Å². The Morgan fingerprint density at radius 2 is 2.31 bits per heavy atom. The van der Waals surface area contributed by atoms with Crippen molar-refractivity contribution in [3.8, 4) is 0 Å². The highest BCUT2D eigenvalue weighted by atomic mass is 15.1. The topological polar surface area (TPSA) is 44.0 Å². The Kier molecular flexibility index (Phi) is 4.36. The van der Waals surface area contributed by atoms with Gasteiger partial charge in [0.25, 0.3) is 0 Å². The number of rotatable bonds is 5. The van der Waals surface area contributed by atoms with Gasteiger partial charge in [-0.15, -0.1) is 0 Å². The molecule has 1 aliphatic heterocycles. The molecule has 0 amide bonds. The summed E-state index contributed by atoms with van der Waals surface area (Å²) in [6.45, 7) is 4.70. The van der Waals surface area contributed by atoms with E-state index in [9.17, 15) is 0 Å². The predicted molar refractivity (Wildman–Crippen MR) is 65.4 cm³/mol. The molecule has 0 aliphatic carbocycles. The molecule has 16 heavy (non-hydrogen) atoms. The number of hydrogen-bond donors (Lipinski definition) is 2. The second-order valence-corrected chi connectivity index (χ2v) is 4.74. The summed E-state index contributed by atoms with van der Waals surface area (Å²) in [4.78, 5) is 9.75. The molecule has 4 nitrogen and oxygen atoms in total. The van der Waals surface area contributed by atoms with Gasteiger partial charge in [0.2, 0.25) is 0 Å². The minimum absolute atomic E-state index is 0.868. The number of H-pyrrole nitrogens is 1. The van der Waals surface area contributed by atoms with Gasteiger partial charge < -0.3 is 15.2 Å². The van der Waals surface area contributed by atoms with Crippen LogP contribution in [0.3, 0.4) is 0 Å². The van der Waals surface area contributed by atoms with Crippen LogP contribution in [0.1, 0.15) is 18.7 Å². The van der Waals surface area contributed by atoms with Crippen molar-refractivity contribution >= 4 is 0 Å². The molecule has 0 spiro atoms. The van der Waals surface area contributed by atoms with Crippen LogP contribution in [0, 0.1) is 5.92 Å². The molecule has 1 aromatic heterocycles. The molecule has 0 bridgehead atoms. The first-order valence-electron chi connectivity index (χ1n) is 6.22. The van der Waals surface area contributed by atoms with E-state index in [0.717, 1.165) is 31.3 Å². The van der Waals surface area contributed by atoms with Crippen LogP contribution in [0.2, 0.25) is 0 Å². The smallest absolute Gasteiger partial charge is 0.107 e. The summed E-state index contributed by atoms with van der Waals surface area (Å²) in [5, 5.41) is 3.53. The van der Waals surface area contributed by atoms with Gasteiger partial charge >= 0.3 is 0 Å². The quantitative estimate of drug-likeness (QED) is 0.727. The highest BCUT2D eigenvalue weighted by Gasteiger charge is 2.15. The molecule has 2 rings (SSSR count). The van der Waals surface area contributed by atoms with Crippen molar-refractivity contribution in [1.29, 1.82) is 0 Å². The fraction of sp³-hybridized carbons (Fsp3) is 0.750. The molecule has 1 saturated heterocycles. The maximum Gasteiger partial charge on any atom is 0.107 e. The van der Waals surface area contributed by atoms with E-state index in [1.165, 1.54) is 25.9 Å². The third-order valence-electron chi connectivity index (χ3n) is 3.36. The second kappa shape index (κ2) is 6.01. The molecule has 1 aliphatic rings. The highest BCUT2D eigenvalue weighted by molar-refractivity contribution is 4.87. The normalized spacial score (nSPS) is 19.1. The molecule has 2 N–H and O–H groups in total. The average Bonchev–Trinajstić information content (AvgIpc) is 2.80. The van der Waals surface area contributed by atoms with Gasteiger partial charge in [-0.05, 0) is 45.4 Å². The summed E-state index contributed by atoms with van der Waals surface area (Å²) < 4.78 is 0. The lowest BCUT2D eigenvalue weighted by molar-refractivity contribution is 0.216. The summed E-state index contributed by atoms with van der Waals surface area (Å²) in [5.74, 6) is 1.95. The molecule has 0 radical (unpaired) electrons. The molecule has 90 valence electrons. The molecule has 0 unspecified atom stereocenters. The van der Waals surface area contributed by atoms with Crippen LogP contribution in [0.4, 0.5) is 0 Å². The number of likely N-dealkylation sites (tertiary alicyclic amines) is 1. The van der Waals surface area contributed by atoms with Gasteiger partial charge in [0.15, 0.2) is 0 Å². The van der Waals surface area contributed by atoms with Crippen molar-refractivity contribution in [3.63, 3.8) is 0 Å². The number of piperidine rings is 1. The maximum absolute atomic E-state index is 4.21. The fourth-order valence-corrected chi connectivity index (χ4v) is 2.21. The van der Waals surface area contributed by atoms with E-state index < -0.39 is 0 Å². The van der Waals surface area contributed by atoms with Crippen molar-refractivity contribution in [3.05, 3.63) is 18.2 Å². The lowest BCUT2D eigenvalue weighted by atomic mass is 9.97. The van der Waals surface area contributed by atoms with Crippen molar-refractivity contribution in [2.24, 2.45) is 5.92 Å². The molecule has 1 fully saturated rings. The number of nitrogens with one attached hydrogen (secondary N) is 2. The van der Waals surface area contributed by atoms with Crippen molar-refractivity contribution in [1.82, 2.24) is 20.2 Å². The van der Waals surface area contributed by atoms with Crippen molar-refractivity contribution in [2.45, 2.75) is 19.3 Å². The highest BCUT2D eigenvalue weighted by Crippen LogP contribution is 2.14. The van der Waals surface area contributed by atoms with Gasteiger partial charge in [0.05, 0.1) is 0 Å². The van der Waals surface area contributed by atoms with Crippen LogP contribution in [0.15, 0.2) is 12.4 Å². The number of imidazole rings is 1. The van der Waals surface area contributed by atoms with Gasteiger partial charge in [0.1, 0.15) is 5.82 Å². The summed E-state index contributed by atoms with van der Waals surface area (Å²) in [7, 11) is 2.21. The molecule has 0 saturated carbocycles. The van der Waals surface area contributed by atoms with E-state index in [-0.39, 0.29) is 0 Å². The van der Waals surface area contributed by atoms with Crippen LogP contribution in [0.5, 0.6) is 0 Å². The van der Waals surface area contributed by atoms with E-state index in [4.69, 9.17) is 0 Å². The standard InChI is InChI=1S/C12H22N4/c1-16-8-3-11(4-9-16)10-13-5-2-12-14-6-7-15-12/h6-7,11,13H,2-5,8-10H2,1H3,(H,14,15). The minimum atomic E-state index is 0.868. The van der Waals surface area contributed by atoms with Crippen LogP contribution < -0.4 is 5.32 Å². The Hall–Kier alpha value is -0.870. The Balaban J connectivity index is 1.55. The Labute approximate surface area is 97.4 Å². The molecule has 2 heterocycles.